The topological polar surface area (TPSA) is 92.6 Å². The van der Waals surface area contributed by atoms with Crippen LogP contribution in [0, 0.1) is 16.0 Å². The Morgan fingerprint density at radius 1 is 1.48 bits per heavy atom. The summed E-state index contributed by atoms with van der Waals surface area (Å²) in [5, 5.41) is 14.2. The molecule has 1 aliphatic rings. The van der Waals surface area contributed by atoms with Gasteiger partial charge in [0.05, 0.1) is 4.92 Å². The summed E-state index contributed by atoms with van der Waals surface area (Å²) >= 11 is 3.14. The molecule has 0 bridgehead atoms. The van der Waals surface area contributed by atoms with Crippen molar-refractivity contribution in [3.8, 4) is 0 Å². The van der Waals surface area contributed by atoms with Crippen LogP contribution in [0.5, 0.6) is 0 Å². The van der Waals surface area contributed by atoms with E-state index in [0.717, 1.165) is 19.4 Å². The maximum Gasteiger partial charge on any atom is 0.290 e. The molecule has 23 heavy (non-hydrogen) atoms. The Labute approximate surface area is 150 Å². The first-order chi connectivity index (χ1) is 10.4. The number of hydrogen-bond acceptors (Lipinski definition) is 5. The Hall–Kier alpha value is -0.740. The highest BCUT2D eigenvalue weighted by Gasteiger charge is 2.34. The number of piperidine rings is 1. The number of nitrogens with zero attached hydrogens (tertiary/aromatic N) is 2. The Bertz CT molecular complexity index is 669. The van der Waals surface area contributed by atoms with Crippen LogP contribution in [-0.4, -0.2) is 44.3 Å². The number of nitro benzene ring substituents is 1. The van der Waals surface area contributed by atoms with E-state index in [1.54, 1.807) is 0 Å². The standard InChI is InChI=1S/C13H18BrN3O4S.ClH/c1-15-8-10-3-2-6-16(9-10)22(20,21)13-5-4-11(14)7-12(13)17(18)19;/h4-5,7,10,15H,2-3,6,8-9H2,1H3;1H. The summed E-state index contributed by atoms with van der Waals surface area (Å²) in [5.74, 6) is 0.225. The van der Waals surface area contributed by atoms with Crippen LogP contribution in [0.3, 0.4) is 0 Å². The molecule has 1 heterocycles. The largest absolute Gasteiger partial charge is 0.319 e. The summed E-state index contributed by atoms with van der Waals surface area (Å²) < 4.78 is 27.4. The van der Waals surface area contributed by atoms with Crippen LogP contribution in [-0.2, 0) is 10.0 Å². The van der Waals surface area contributed by atoms with Gasteiger partial charge in [-0.05, 0) is 44.5 Å². The Kier molecular flexibility index (Phi) is 7.40. The lowest BCUT2D eigenvalue weighted by Crippen LogP contribution is -2.42. The number of halogens is 2. The number of nitro groups is 1. The summed E-state index contributed by atoms with van der Waals surface area (Å²) in [6, 6.07) is 4.02. The average molecular weight is 429 g/mol. The van der Waals surface area contributed by atoms with E-state index in [1.165, 1.54) is 22.5 Å². The van der Waals surface area contributed by atoms with Crippen molar-refractivity contribution in [2.24, 2.45) is 5.92 Å². The Balaban J connectivity index is 0.00000264. The van der Waals surface area contributed by atoms with Gasteiger partial charge in [0.2, 0.25) is 10.0 Å². The fraction of sp³-hybridized carbons (Fsp3) is 0.538. The van der Waals surface area contributed by atoms with E-state index in [9.17, 15) is 18.5 Å². The normalized spacial score (nSPS) is 19.1. The minimum atomic E-state index is -3.86. The molecule has 10 heteroatoms. The molecular weight excluding hydrogens is 410 g/mol. The molecular formula is C13H19BrClN3O4S. The number of rotatable bonds is 5. The van der Waals surface area contributed by atoms with Crippen LogP contribution in [0.4, 0.5) is 5.69 Å². The number of hydrogen-bond donors (Lipinski definition) is 1. The summed E-state index contributed by atoms with van der Waals surface area (Å²) in [4.78, 5) is 10.3. The lowest BCUT2D eigenvalue weighted by atomic mass is 10.00. The van der Waals surface area contributed by atoms with Crippen LogP contribution in [0.1, 0.15) is 12.8 Å². The summed E-state index contributed by atoms with van der Waals surface area (Å²) in [6.45, 7) is 1.51. The van der Waals surface area contributed by atoms with Crippen LogP contribution in [0.25, 0.3) is 0 Å². The summed E-state index contributed by atoms with van der Waals surface area (Å²) in [6.07, 6.45) is 1.71. The summed E-state index contributed by atoms with van der Waals surface area (Å²) in [5.41, 5.74) is -0.398. The van der Waals surface area contributed by atoms with Crippen molar-refractivity contribution in [2.45, 2.75) is 17.7 Å². The Morgan fingerprint density at radius 2 is 2.17 bits per heavy atom. The highest BCUT2D eigenvalue weighted by atomic mass is 79.9. The predicted octanol–water partition coefficient (Wildman–Crippen LogP) is 2.40. The molecule has 130 valence electrons. The number of sulfonamides is 1. The third kappa shape index (κ3) is 4.63. The molecule has 1 fully saturated rings. The maximum absolute atomic E-state index is 12.8. The van der Waals surface area contributed by atoms with Gasteiger partial charge in [-0.3, -0.25) is 10.1 Å². The zero-order valence-electron chi connectivity index (χ0n) is 12.6. The van der Waals surface area contributed by atoms with Crippen LogP contribution >= 0.6 is 28.3 Å². The second kappa shape index (κ2) is 8.39. The van der Waals surface area contributed by atoms with Gasteiger partial charge in [-0.1, -0.05) is 15.9 Å². The molecule has 2 rings (SSSR count). The molecule has 1 unspecified atom stereocenters. The first kappa shape index (κ1) is 20.3. The minimum absolute atomic E-state index is 0. The average Bonchev–Trinajstić information content (AvgIpc) is 2.47. The fourth-order valence-electron chi connectivity index (χ4n) is 2.69. The van der Waals surface area contributed by atoms with E-state index in [1.807, 2.05) is 7.05 Å². The third-order valence-electron chi connectivity index (χ3n) is 3.71. The molecule has 1 N–H and O–H groups in total. The lowest BCUT2D eigenvalue weighted by Gasteiger charge is -2.31. The second-order valence-corrected chi connectivity index (χ2v) is 8.12. The van der Waals surface area contributed by atoms with E-state index >= 15 is 0 Å². The van der Waals surface area contributed by atoms with Gasteiger partial charge in [0, 0.05) is 23.6 Å². The van der Waals surface area contributed by atoms with Crippen molar-refractivity contribution in [1.82, 2.24) is 9.62 Å². The van der Waals surface area contributed by atoms with E-state index in [-0.39, 0.29) is 23.2 Å². The molecule has 1 atom stereocenters. The highest BCUT2D eigenvalue weighted by Crippen LogP contribution is 2.31. The predicted molar refractivity (Wildman–Crippen MR) is 93.5 cm³/mol. The van der Waals surface area contributed by atoms with Crippen molar-refractivity contribution in [1.29, 1.82) is 0 Å². The monoisotopic (exact) mass is 427 g/mol. The van der Waals surface area contributed by atoms with E-state index in [2.05, 4.69) is 21.2 Å². The Morgan fingerprint density at radius 3 is 2.78 bits per heavy atom. The van der Waals surface area contributed by atoms with E-state index in [4.69, 9.17) is 0 Å². The van der Waals surface area contributed by atoms with Crippen molar-refractivity contribution in [3.05, 3.63) is 32.8 Å². The van der Waals surface area contributed by atoms with Gasteiger partial charge in [-0.15, -0.1) is 12.4 Å². The molecule has 1 aromatic rings. The fourth-order valence-corrected chi connectivity index (χ4v) is 4.73. The van der Waals surface area contributed by atoms with E-state index < -0.39 is 20.6 Å². The van der Waals surface area contributed by atoms with Crippen molar-refractivity contribution >= 4 is 44.0 Å². The summed E-state index contributed by atoms with van der Waals surface area (Å²) in [7, 11) is -2.04. The van der Waals surface area contributed by atoms with E-state index in [0.29, 0.717) is 17.6 Å². The van der Waals surface area contributed by atoms with Gasteiger partial charge < -0.3 is 5.32 Å². The first-order valence-corrected chi connectivity index (χ1v) is 9.18. The maximum atomic E-state index is 12.8. The number of nitrogens with one attached hydrogen (secondary N) is 1. The molecule has 0 aliphatic carbocycles. The van der Waals surface area contributed by atoms with Crippen LogP contribution in [0.15, 0.2) is 27.6 Å². The molecule has 0 radical (unpaired) electrons. The quantitative estimate of drug-likeness (QED) is 0.574. The SMILES string of the molecule is CNCC1CCCN(S(=O)(=O)c2ccc(Br)cc2[N+](=O)[O-])C1.Cl. The molecule has 1 aromatic carbocycles. The molecule has 0 spiro atoms. The molecule has 1 aliphatic heterocycles. The number of benzene rings is 1. The van der Waals surface area contributed by atoms with Crippen molar-refractivity contribution < 1.29 is 13.3 Å². The molecule has 0 aromatic heterocycles. The smallest absolute Gasteiger partial charge is 0.290 e. The molecule has 0 amide bonds. The van der Waals surface area contributed by atoms with Gasteiger partial charge in [0.1, 0.15) is 0 Å². The zero-order chi connectivity index (χ0) is 16.3. The van der Waals surface area contributed by atoms with Gasteiger partial charge in [-0.2, -0.15) is 4.31 Å². The van der Waals surface area contributed by atoms with Crippen LogP contribution < -0.4 is 5.32 Å². The molecule has 7 nitrogen and oxygen atoms in total. The third-order valence-corrected chi connectivity index (χ3v) is 6.12. The first-order valence-electron chi connectivity index (χ1n) is 6.95. The minimum Gasteiger partial charge on any atom is -0.319 e. The molecule has 0 saturated carbocycles. The molecule has 1 saturated heterocycles. The zero-order valence-corrected chi connectivity index (χ0v) is 15.8. The highest BCUT2D eigenvalue weighted by molar-refractivity contribution is 9.10. The second-order valence-electron chi connectivity index (χ2n) is 5.30. The van der Waals surface area contributed by atoms with Gasteiger partial charge in [-0.25, -0.2) is 8.42 Å². The van der Waals surface area contributed by atoms with Crippen LogP contribution in [0.2, 0.25) is 0 Å². The van der Waals surface area contributed by atoms with Crippen molar-refractivity contribution in [2.75, 3.05) is 26.7 Å². The lowest BCUT2D eigenvalue weighted by molar-refractivity contribution is -0.387. The van der Waals surface area contributed by atoms with Gasteiger partial charge in [0.15, 0.2) is 4.90 Å². The van der Waals surface area contributed by atoms with Gasteiger partial charge in [0.25, 0.3) is 5.69 Å². The van der Waals surface area contributed by atoms with Crippen molar-refractivity contribution in [3.63, 3.8) is 0 Å². The van der Waals surface area contributed by atoms with Gasteiger partial charge >= 0.3 is 0 Å².